The number of rotatable bonds is 3. The number of halogens is 1. The first-order valence-electron chi connectivity index (χ1n) is 6.54. The van der Waals surface area contributed by atoms with Gasteiger partial charge in [-0.3, -0.25) is 4.79 Å². The lowest BCUT2D eigenvalue weighted by molar-refractivity contribution is -0.132. The number of carbonyl (C=O) groups is 1. The van der Waals surface area contributed by atoms with Crippen molar-refractivity contribution in [3.8, 4) is 0 Å². The molecule has 1 aromatic rings. The molecule has 1 aliphatic rings. The summed E-state index contributed by atoms with van der Waals surface area (Å²) in [5.41, 5.74) is 5.46. The van der Waals surface area contributed by atoms with Gasteiger partial charge in [-0.05, 0) is 25.0 Å². The summed E-state index contributed by atoms with van der Waals surface area (Å²) in [6, 6.07) is 2.91. The molecule has 2 N–H and O–H groups in total. The van der Waals surface area contributed by atoms with Crippen LogP contribution in [0.25, 0.3) is 0 Å². The van der Waals surface area contributed by atoms with Gasteiger partial charge in [-0.2, -0.15) is 4.31 Å². The molecule has 1 aliphatic heterocycles. The molecule has 0 spiro atoms. The fourth-order valence-electron chi connectivity index (χ4n) is 2.49. The Labute approximate surface area is 123 Å². The number of hydrogen-bond acceptors (Lipinski definition) is 4. The number of carbonyl (C=O) groups excluding carboxylic acids is 1. The summed E-state index contributed by atoms with van der Waals surface area (Å²) in [7, 11) is -1.03. The monoisotopic (exact) mass is 315 g/mol. The van der Waals surface area contributed by atoms with E-state index in [0.717, 1.165) is 10.4 Å². The number of benzene rings is 1. The summed E-state index contributed by atoms with van der Waals surface area (Å²) in [6.45, 7) is 0.181. The molecule has 1 amide bonds. The Kier molecular flexibility index (Phi) is 4.20. The molecule has 21 heavy (non-hydrogen) atoms. The number of hydrogen-bond donors (Lipinski definition) is 1. The number of sulfonamides is 1. The Hall–Kier alpha value is -1.67. The maximum absolute atomic E-state index is 13.9. The fraction of sp³-hybridized carbons (Fsp3) is 0.462. The van der Waals surface area contributed by atoms with Gasteiger partial charge in [0.2, 0.25) is 15.9 Å². The molecule has 1 unspecified atom stereocenters. The summed E-state index contributed by atoms with van der Waals surface area (Å²) in [5.74, 6) is -1.22. The average Bonchev–Trinajstić information content (AvgIpc) is 2.86. The second kappa shape index (κ2) is 5.61. The van der Waals surface area contributed by atoms with Crippen LogP contribution >= 0.6 is 0 Å². The van der Waals surface area contributed by atoms with Gasteiger partial charge in [-0.15, -0.1) is 0 Å². The second-order valence-corrected chi connectivity index (χ2v) is 6.99. The largest absolute Gasteiger partial charge is 0.398 e. The van der Waals surface area contributed by atoms with Crippen molar-refractivity contribution in [2.75, 3.05) is 26.4 Å². The highest BCUT2D eigenvalue weighted by molar-refractivity contribution is 7.89. The summed E-state index contributed by atoms with van der Waals surface area (Å²) in [6.07, 6.45) is 0.975. The van der Waals surface area contributed by atoms with Crippen LogP contribution < -0.4 is 5.73 Å². The lowest BCUT2D eigenvalue weighted by Crippen LogP contribution is -2.45. The van der Waals surface area contributed by atoms with E-state index >= 15 is 0 Å². The molecule has 1 atom stereocenters. The Bertz CT molecular complexity index is 640. The fourth-order valence-corrected chi connectivity index (χ4v) is 4.30. The average molecular weight is 315 g/mol. The lowest BCUT2D eigenvalue weighted by atomic mass is 10.2. The number of likely N-dealkylation sites (N-methyl/N-ethyl adjacent to an activating group) is 1. The Morgan fingerprint density at radius 3 is 2.67 bits per heavy atom. The molecule has 1 heterocycles. The smallest absolute Gasteiger partial charge is 0.248 e. The molecular weight excluding hydrogens is 297 g/mol. The zero-order valence-electron chi connectivity index (χ0n) is 11.9. The van der Waals surface area contributed by atoms with Crippen molar-refractivity contribution in [1.82, 2.24) is 9.21 Å². The molecule has 116 valence electrons. The van der Waals surface area contributed by atoms with E-state index in [-0.39, 0.29) is 18.1 Å². The van der Waals surface area contributed by atoms with E-state index in [2.05, 4.69) is 0 Å². The molecule has 0 bridgehead atoms. The van der Waals surface area contributed by atoms with E-state index in [0.29, 0.717) is 12.8 Å². The molecular formula is C13H18FN3O3S. The lowest BCUT2D eigenvalue weighted by Gasteiger charge is -2.26. The van der Waals surface area contributed by atoms with Crippen molar-refractivity contribution in [3.05, 3.63) is 24.0 Å². The molecule has 1 saturated heterocycles. The van der Waals surface area contributed by atoms with E-state index in [9.17, 15) is 17.6 Å². The van der Waals surface area contributed by atoms with E-state index in [1.807, 2.05) is 0 Å². The SMILES string of the molecule is CN(C)C(=O)C1CCCN1S(=O)(=O)c1c(N)cccc1F. The van der Waals surface area contributed by atoms with Crippen LogP contribution in [0, 0.1) is 5.82 Å². The normalized spacial score (nSPS) is 19.7. The van der Waals surface area contributed by atoms with Gasteiger partial charge < -0.3 is 10.6 Å². The van der Waals surface area contributed by atoms with Crippen molar-refractivity contribution in [1.29, 1.82) is 0 Å². The highest BCUT2D eigenvalue weighted by Crippen LogP contribution is 2.31. The summed E-state index contributed by atoms with van der Waals surface area (Å²) >= 11 is 0. The van der Waals surface area contributed by atoms with Crippen molar-refractivity contribution in [3.63, 3.8) is 0 Å². The summed E-state index contributed by atoms with van der Waals surface area (Å²) < 4.78 is 40.2. The molecule has 1 fully saturated rings. The quantitative estimate of drug-likeness (QED) is 0.830. The molecule has 0 aromatic heterocycles. The molecule has 0 radical (unpaired) electrons. The van der Waals surface area contributed by atoms with Crippen LogP contribution in [0.2, 0.25) is 0 Å². The minimum Gasteiger partial charge on any atom is -0.398 e. The first-order valence-corrected chi connectivity index (χ1v) is 7.98. The number of anilines is 1. The van der Waals surface area contributed by atoms with E-state index in [4.69, 9.17) is 5.73 Å². The highest BCUT2D eigenvalue weighted by atomic mass is 32.2. The zero-order valence-corrected chi connectivity index (χ0v) is 12.7. The molecule has 2 rings (SSSR count). The topological polar surface area (TPSA) is 83.7 Å². The van der Waals surface area contributed by atoms with Crippen LogP contribution in [0.15, 0.2) is 23.1 Å². The van der Waals surface area contributed by atoms with Crippen LogP contribution in [-0.2, 0) is 14.8 Å². The third-order valence-corrected chi connectivity index (χ3v) is 5.49. The minimum absolute atomic E-state index is 0.155. The predicted octanol–water partition coefficient (Wildman–Crippen LogP) is 0.649. The van der Waals surface area contributed by atoms with E-state index < -0.39 is 26.8 Å². The number of nitrogens with zero attached hydrogens (tertiary/aromatic N) is 2. The van der Waals surface area contributed by atoms with Gasteiger partial charge in [-0.1, -0.05) is 6.07 Å². The summed E-state index contributed by atoms with van der Waals surface area (Å²) in [4.78, 5) is 12.9. The number of nitrogen functional groups attached to an aromatic ring is 1. The Balaban J connectivity index is 2.46. The highest BCUT2D eigenvalue weighted by Gasteiger charge is 2.41. The van der Waals surface area contributed by atoms with Crippen LogP contribution in [0.3, 0.4) is 0 Å². The van der Waals surface area contributed by atoms with Crippen LogP contribution in [0.1, 0.15) is 12.8 Å². The summed E-state index contributed by atoms with van der Waals surface area (Å²) in [5, 5.41) is 0. The predicted molar refractivity (Wildman–Crippen MR) is 76.4 cm³/mol. The van der Waals surface area contributed by atoms with Gasteiger partial charge in [0.15, 0.2) is 0 Å². The van der Waals surface area contributed by atoms with Gasteiger partial charge >= 0.3 is 0 Å². The third-order valence-electron chi connectivity index (χ3n) is 3.49. The van der Waals surface area contributed by atoms with Crippen LogP contribution in [-0.4, -0.2) is 50.2 Å². The van der Waals surface area contributed by atoms with Gasteiger partial charge in [-0.25, -0.2) is 12.8 Å². The van der Waals surface area contributed by atoms with Gasteiger partial charge in [0.05, 0.1) is 5.69 Å². The van der Waals surface area contributed by atoms with Crippen molar-refractivity contribution in [2.24, 2.45) is 0 Å². The molecule has 8 heteroatoms. The third kappa shape index (κ3) is 2.73. The number of nitrogens with two attached hydrogens (primary N) is 1. The molecule has 0 saturated carbocycles. The van der Waals surface area contributed by atoms with E-state index in [1.165, 1.54) is 17.0 Å². The van der Waals surface area contributed by atoms with Gasteiger partial charge in [0, 0.05) is 20.6 Å². The molecule has 1 aromatic carbocycles. The van der Waals surface area contributed by atoms with E-state index in [1.54, 1.807) is 14.1 Å². The minimum atomic E-state index is -4.14. The Morgan fingerprint density at radius 1 is 1.43 bits per heavy atom. The van der Waals surface area contributed by atoms with Crippen LogP contribution in [0.4, 0.5) is 10.1 Å². The molecule has 6 nitrogen and oxygen atoms in total. The second-order valence-electron chi connectivity index (χ2n) is 5.16. The number of amides is 1. The first-order chi connectivity index (χ1) is 9.76. The molecule has 0 aliphatic carbocycles. The van der Waals surface area contributed by atoms with Gasteiger partial charge in [0.25, 0.3) is 0 Å². The zero-order chi connectivity index (χ0) is 15.8. The first kappa shape index (κ1) is 15.7. The van der Waals surface area contributed by atoms with Crippen LogP contribution in [0.5, 0.6) is 0 Å². The standard InChI is InChI=1S/C13H18FN3O3S/c1-16(2)13(18)11-7-4-8-17(11)21(19,20)12-9(14)5-3-6-10(12)15/h3,5-6,11H,4,7-8,15H2,1-2H3. The maximum atomic E-state index is 13.9. The maximum Gasteiger partial charge on any atom is 0.248 e. The van der Waals surface area contributed by atoms with Crippen molar-refractivity contribution in [2.45, 2.75) is 23.8 Å². The van der Waals surface area contributed by atoms with Crippen molar-refractivity contribution >= 4 is 21.6 Å². The van der Waals surface area contributed by atoms with Gasteiger partial charge in [0.1, 0.15) is 16.8 Å². The van der Waals surface area contributed by atoms with Crippen molar-refractivity contribution < 1.29 is 17.6 Å². The Morgan fingerprint density at radius 2 is 2.10 bits per heavy atom.